The molecule has 2 aromatic carbocycles. The van der Waals surface area contributed by atoms with Gasteiger partial charge in [0, 0.05) is 6.54 Å². The third-order valence-corrected chi connectivity index (χ3v) is 8.04. The van der Waals surface area contributed by atoms with E-state index in [4.69, 9.17) is 0 Å². The normalized spacial score (nSPS) is 18.9. The Morgan fingerprint density at radius 3 is 2.33 bits per heavy atom. The van der Waals surface area contributed by atoms with Gasteiger partial charge < -0.3 is 5.32 Å². The van der Waals surface area contributed by atoms with Crippen molar-refractivity contribution in [1.82, 2.24) is 15.1 Å². The number of benzene rings is 2. The Balaban J connectivity index is 1.39. The number of carbonyl (C=O) groups is 2. The van der Waals surface area contributed by atoms with Gasteiger partial charge in [0.15, 0.2) is 5.84 Å². The molecule has 6 nitrogen and oxygen atoms in total. The van der Waals surface area contributed by atoms with Crippen molar-refractivity contribution in [2.24, 2.45) is 10.9 Å². The number of likely N-dealkylation sites (N-methyl/N-ethyl adjacent to an activating group) is 1. The molecule has 1 N–H and O–H groups in total. The molecule has 0 bridgehead atoms. The van der Waals surface area contributed by atoms with Crippen LogP contribution in [0.15, 0.2) is 64.5 Å². The summed E-state index contributed by atoms with van der Waals surface area (Å²) in [6, 6.07) is 10.7. The van der Waals surface area contributed by atoms with Crippen molar-refractivity contribution >= 4 is 28.7 Å². The zero-order valence-corrected chi connectivity index (χ0v) is 23.7. The van der Waals surface area contributed by atoms with Crippen molar-refractivity contribution in [3.63, 3.8) is 0 Å². The van der Waals surface area contributed by atoms with Gasteiger partial charge in [0.2, 0.25) is 5.91 Å². The van der Waals surface area contributed by atoms with E-state index < -0.39 is 34.8 Å². The Bertz CT molecular complexity index is 1350. The van der Waals surface area contributed by atoms with Gasteiger partial charge in [-0.2, -0.15) is 31.3 Å². The second-order valence-corrected chi connectivity index (χ2v) is 11.5. The predicted molar refractivity (Wildman–Crippen MR) is 149 cm³/mol. The Morgan fingerprint density at radius 2 is 1.74 bits per heavy atom. The summed E-state index contributed by atoms with van der Waals surface area (Å²) in [5.74, 6) is -0.159. The van der Waals surface area contributed by atoms with Crippen LogP contribution in [-0.4, -0.2) is 60.0 Å². The van der Waals surface area contributed by atoms with Crippen LogP contribution in [0.5, 0.6) is 0 Å². The molecule has 2 aliphatic rings. The van der Waals surface area contributed by atoms with Crippen LogP contribution in [0.4, 0.5) is 31.1 Å². The van der Waals surface area contributed by atoms with Crippen LogP contribution in [0.1, 0.15) is 35.1 Å². The number of alkyl halides is 6. The number of hydrogen-bond donors (Lipinski definition) is 1. The number of hydrogen-bond acceptors (Lipinski definition) is 5. The molecular weight excluding hydrogens is 582 g/mol. The molecule has 1 saturated heterocycles. The molecule has 0 saturated carbocycles. The van der Waals surface area contributed by atoms with Gasteiger partial charge >= 0.3 is 17.6 Å². The van der Waals surface area contributed by atoms with Crippen LogP contribution < -0.4 is 5.32 Å². The van der Waals surface area contributed by atoms with Gasteiger partial charge in [0.1, 0.15) is 0 Å². The summed E-state index contributed by atoms with van der Waals surface area (Å²) in [4.78, 5) is 33.3. The zero-order valence-electron chi connectivity index (χ0n) is 22.9. The lowest BCUT2D eigenvalue weighted by atomic mass is 9.95. The standard InChI is InChI=1S/C29H30F6N4O2S/c1-38(2)23(14-18-6-4-3-5-7-18)26(40)36-25-24(42-27(41)37-25)15-19-10-12-39(13-11-19)17-20-8-9-21(28(30,31)32)16-22(20)29(33,34)35/h3-9,15-16,19,23H,10-14,17H2,1-2H3,(H,36,37,40,41)/b24-15-/t23-/m0/s1. The molecule has 2 heterocycles. The fourth-order valence-electron chi connectivity index (χ4n) is 4.95. The number of carbonyl (C=O) groups excluding carboxylic acids is 2. The first-order valence-corrected chi connectivity index (χ1v) is 14.1. The van der Waals surface area contributed by atoms with Gasteiger partial charge in [0.05, 0.1) is 22.1 Å². The van der Waals surface area contributed by atoms with Crippen molar-refractivity contribution in [2.75, 3.05) is 27.2 Å². The molecule has 0 spiro atoms. The monoisotopic (exact) mass is 612 g/mol. The van der Waals surface area contributed by atoms with E-state index in [1.807, 2.05) is 36.4 Å². The second-order valence-electron chi connectivity index (χ2n) is 10.5. The number of rotatable bonds is 7. The fourth-order valence-corrected chi connectivity index (χ4v) is 5.73. The first-order valence-electron chi connectivity index (χ1n) is 13.2. The maximum absolute atomic E-state index is 13.6. The molecule has 4 rings (SSSR count). The van der Waals surface area contributed by atoms with Crippen LogP contribution in [-0.2, 0) is 30.1 Å². The molecule has 226 valence electrons. The summed E-state index contributed by atoms with van der Waals surface area (Å²) in [7, 11) is 3.58. The number of nitrogens with zero attached hydrogens (tertiary/aromatic N) is 3. The quantitative estimate of drug-likeness (QED) is 0.368. The van der Waals surface area contributed by atoms with Crippen molar-refractivity contribution in [1.29, 1.82) is 0 Å². The molecule has 2 aromatic rings. The van der Waals surface area contributed by atoms with Crippen LogP contribution in [0.25, 0.3) is 0 Å². The Labute approximate surface area is 243 Å². The number of likely N-dealkylation sites (tertiary alicyclic amines) is 1. The molecule has 2 aliphatic heterocycles. The third-order valence-electron chi connectivity index (χ3n) is 7.23. The maximum atomic E-state index is 13.6. The summed E-state index contributed by atoms with van der Waals surface area (Å²) < 4.78 is 79.7. The number of nitrogens with one attached hydrogen (secondary N) is 1. The Morgan fingerprint density at radius 1 is 1.07 bits per heavy atom. The van der Waals surface area contributed by atoms with E-state index in [9.17, 15) is 35.9 Å². The van der Waals surface area contributed by atoms with Crippen molar-refractivity contribution in [3.8, 4) is 0 Å². The number of amidine groups is 1. The molecule has 42 heavy (non-hydrogen) atoms. The summed E-state index contributed by atoms with van der Waals surface area (Å²) in [5, 5.41) is 2.33. The first kappa shape index (κ1) is 31.8. The van der Waals surface area contributed by atoms with E-state index in [1.54, 1.807) is 23.9 Å². The second kappa shape index (κ2) is 13.0. The summed E-state index contributed by atoms with van der Waals surface area (Å²) in [6.45, 7) is 0.674. The van der Waals surface area contributed by atoms with Crippen molar-refractivity contribution < 1.29 is 35.9 Å². The van der Waals surface area contributed by atoms with Gasteiger partial charge in [-0.3, -0.25) is 19.4 Å². The maximum Gasteiger partial charge on any atom is 0.416 e. The lowest BCUT2D eigenvalue weighted by Gasteiger charge is -2.31. The molecule has 13 heteroatoms. The number of piperidine rings is 1. The van der Waals surface area contributed by atoms with E-state index in [0.717, 1.165) is 23.4 Å². The SMILES string of the molecule is CN(C)[C@@H](Cc1ccccc1)C(=O)NC1=NC(=O)S/C1=C\C1CCN(Cc2ccc(C(F)(F)F)cc2C(F)(F)F)CC1. The number of amides is 2. The van der Waals surface area contributed by atoms with E-state index in [0.29, 0.717) is 43.3 Å². The van der Waals surface area contributed by atoms with Gasteiger partial charge in [-0.1, -0.05) is 42.5 Å². The van der Waals surface area contributed by atoms with Gasteiger partial charge in [-0.05, 0) is 87.4 Å². The summed E-state index contributed by atoms with van der Waals surface area (Å²) in [6.07, 6.45) is -6.38. The topological polar surface area (TPSA) is 65.0 Å². The zero-order chi connectivity index (χ0) is 30.7. The molecule has 0 unspecified atom stereocenters. The van der Waals surface area contributed by atoms with Gasteiger partial charge in [0.25, 0.3) is 0 Å². The lowest BCUT2D eigenvalue weighted by molar-refractivity contribution is -0.143. The average molecular weight is 613 g/mol. The van der Waals surface area contributed by atoms with E-state index in [-0.39, 0.29) is 35.8 Å². The molecule has 1 fully saturated rings. The Hall–Kier alpha value is -3.16. The minimum Gasteiger partial charge on any atom is -0.308 e. The molecule has 0 radical (unpaired) electrons. The van der Waals surface area contributed by atoms with Crippen LogP contribution in [0, 0.1) is 5.92 Å². The van der Waals surface area contributed by atoms with Crippen molar-refractivity contribution in [2.45, 2.75) is 44.2 Å². The fraction of sp³-hybridized carbons (Fsp3) is 0.414. The van der Waals surface area contributed by atoms with Crippen molar-refractivity contribution in [3.05, 3.63) is 81.8 Å². The van der Waals surface area contributed by atoms with E-state index in [1.165, 1.54) is 0 Å². The van der Waals surface area contributed by atoms with E-state index >= 15 is 0 Å². The van der Waals surface area contributed by atoms with E-state index in [2.05, 4.69) is 10.3 Å². The minimum atomic E-state index is -4.92. The molecule has 2 amide bonds. The number of halogens is 6. The molecule has 1 atom stereocenters. The lowest BCUT2D eigenvalue weighted by Crippen LogP contribution is -2.47. The van der Waals surface area contributed by atoms with Gasteiger partial charge in [-0.15, -0.1) is 0 Å². The van der Waals surface area contributed by atoms with Crippen LogP contribution in [0.3, 0.4) is 0 Å². The Kier molecular flexibility index (Phi) is 9.84. The summed E-state index contributed by atoms with van der Waals surface area (Å²) in [5.41, 5.74) is -1.87. The van der Waals surface area contributed by atoms with Crippen LogP contribution in [0.2, 0.25) is 0 Å². The first-order chi connectivity index (χ1) is 19.7. The van der Waals surface area contributed by atoms with Crippen LogP contribution >= 0.6 is 11.8 Å². The third kappa shape index (κ3) is 8.23. The largest absolute Gasteiger partial charge is 0.416 e. The number of aliphatic imine (C=N–C) groups is 1. The smallest absolute Gasteiger partial charge is 0.308 e. The highest BCUT2D eigenvalue weighted by molar-refractivity contribution is 8.18. The highest BCUT2D eigenvalue weighted by Crippen LogP contribution is 2.38. The average Bonchev–Trinajstić information content (AvgIpc) is 3.25. The van der Waals surface area contributed by atoms with Gasteiger partial charge in [-0.25, -0.2) is 0 Å². The molecular formula is C29H30F6N4O2S. The number of allylic oxidation sites excluding steroid dienone is 1. The minimum absolute atomic E-state index is 0.0274. The number of thioether (sulfide) groups is 1. The summed E-state index contributed by atoms with van der Waals surface area (Å²) >= 11 is 0.904. The molecule has 0 aliphatic carbocycles. The highest BCUT2D eigenvalue weighted by Gasteiger charge is 2.38. The highest BCUT2D eigenvalue weighted by atomic mass is 32.2. The molecule has 0 aromatic heterocycles. The predicted octanol–water partition coefficient (Wildman–Crippen LogP) is 6.37.